The Labute approximate surface area is 166 Å². The summed E-state index contributed by atoms with van der Waals surface area (Å²) in [5, 5.41) is 5.18. The number of aromatic nitrogens is 3. The molecule has 7 heteroatoms. The maximum Gasteiger partial charge on any atom is 0.271 e. The zero-order valence-electron chi connectivity index (χ0n) is 14.9. The first-order chi connectivity index (χ1) is 13.8. The Morgan fingerprint density at radius 1 is 0.964 bits per heavy atom. The van der Waals surface area contributed by atoms with Gasteiger partial charge in [-0.05, 0) is 29.8 Å². The standard InChI is InChI=1S/C21H17N5OS/c27-20(16-10-12-22-13-11-16)26-25-19(15-6-2-1-3-7-15)14-28-21-23-17-8-4-5-9-18(17)24-21/h1-13H,14H2,(H,23,24)(H,26,27). The molecule has 4 rings (SSSR count). The molecule has 0 aliphatic heterocycles. The summed E-state index contributed by atoms with van der Waals surface area (Å²) in [6.07, 6.45) is 3.16. The van der Waals surface area contributed by atoms with Crippen LogP contribution in [0.25, 0.3) is 11.0 Å². The highest BCUT2D eigenvalue weighted by Gasteiger charge is 2.10. The van der Waals surface area contributed by atoms with E-state index in [0.717, 1.165) is 27.5 Å². The van der Waals surface area contributed by atoms with Crippen molar-refractivity contribution in [3.05, 3.63) is 90.3 Å². The molecule has 0 atom stereocenters. The van der Waals surface area contributed by atoms with Crippen LogP contribution in [0.1, 0.15) is 15.9 Å². The SMILES string of the molecule is O=C(NN=C(CSc1nc2ccccc2[nH]1)c1ccccc1)c1ccncc1. The molecular formula is C21H17N5OS. The summed E-state index contributed by atoms with van der Waals surface area (Å²) in [5.41, 5.74) is 6.77. The minimum absolute atomic E-state index is 0.274. The van der Waals surface area contributed by atoms with Crippen LogP contribution in [-0.2, 0) is 0 Å². The predicted molar refractivity (Wildman–Crippen MR) is 111 cm³/mol. The lowest BCUT2D eigenvalue weighted by molar-refractivity contribution is 0.0954. The lowest BCUT2D eigenvalue weighted by Gasteiger charge is -2.07. The molecule has 28 heavy (non-hydrogen) atoms. The van der Waals surface area contributed by atoms with Crippen molar-refractivity contribution in [1.82, 2.24) is 20.4 Å². The fraction of sp³-hybridized carbons (Fsp3) is 0.0476. The fourth-order valence-electron chi connectivity index (χ4n) is 2.63. The van der Waals surface area contributed by atoms with E-state index in [-0.39, 0.29) is 5.91 Å². The summed E-state index contributed by atoms with van der Waals surface area (Å²) < 4.78 is 0. The zero-order chi connectivity index (χ0) is 19.2. The second kappa shape index (κ2) is 8.49. The lowest BCUT2D eigenvalue weighted by atomic mass is 10.1. The number of hydrazone groups is 1. The van der Waals surface area contributed by atoms with Gasteiger partial charge >= 0.3 is 0 Å². The first kappa shape index (κ1) is 17.9. The van der Waals surface area contributed by atoms with Gasteiger partial charge in [-0.3, -0.25) is 9.78 Å². The van der Waals surface area contributed by atoms with Gasteiger partial charge in [0, 0.05) is 23.7 Å². The molecule has 0 fully saturated rings. The summed E-state index contributed by atoms with van der Waals surface area (Å²) in [7, 11) is 0. The van der Waals surface area contributed by atoms with Crippen molar-refractivity contribution in [1.29, 1.82) is 0 Å². The van der Waals surface area contributed by atoms with Crippen molar-refractivity contribution in [2.75, 3.05) is 5.75 Å². The van der Waals surface area contributed by atoms with E-state index in [9.17, 15) is 4.79 Å². The number of hydrogen-bond acceptors (Lipinski definition) is 5. The molecule has 1 amide bonds. The van der Waals surface area contributed by atoms with Gasteiger partial charge in [-0.15, -0.1) is 0 Å². The zero-order valence-corrected chi connectivity index (χ0v) is 15.7. The van der Waals surface area contributed by atoms with E-state index in [2.05, 4.69) is 25.5 Å². The van der Waals surface area contributed by atoms with Gasteiger partial charge in [0.25, 0.3) is 5.91 Å². The maximum atomic E-state index is 12.3. The highest BCUT2D eigenvalue weighted by atomic mass is 32.2. The molecule has 0 spiro atoms. The number of fused-ring (bicyclic) bond motifs is 1. The minimum Gasteiger partial charge on any atom is -0.333 e. The summed E-state index contributed by atoms with van der Waals surface area (Å²) in [6.45, 7) is 0. The molecule has 2 aromatic carbocycles. The molecule has 2 N–H and O–H groups in total. The smallest absolute Gasteiger partial charge is 0.271 e. The summed E-state index contributed by atoms with van der Waals surface area (Å²) in [4.78, 5) is 24.1. The highest BCUT2D eigenvalue weighted by molar-refractivity contribution is 7.99. The quantitative estimate of drug-likeness (QED) is 0.299. The number of nitrogens with zero attached hydrogens (tertiary/aromatic N) is 3. The van der Waals surface area contributed by atoms with Crippen LogP contribution < -0.4 is 5.43 Å². The van der Waals surface area contributed by atoms with E-state index >= 15 is 0 Å². The molecule has 0 aliphatic rings. The third-order valence-electron chi connectivity index (χ3n) is 4.06. The molecule has 2 aromatic heterocycles. The first-order valence-corrected chi connectivity index (χ1v) is 9.68. The van der Waals surface area contributed by atoms with Gasteiger partial charge < -0.3 is 4.98 Å². The van der Waals surface area contributed by atoms with E-state index in [0.29, 0.717) is 11.3 Å². The number of rotatable bonds is 6. The average molecular weight is 387 g/mol. The number of aromatic amines is 1. The molecule has 0 bridgehead atoms. The number of carbonyl (C=O) groups excluding carboxylic acids is 1. The van der Waals surface area contributed by atoms with E-state index < -0.39 is 0 Å². The molecule has 0 unspecified atom stereocenters. The Balaban J connectivity index is 1.52. The molecule has 4 aromatic rings. The van der Waals surface area contributed by atoms with E-state index in [1.165, 1.54) is 11.8 Å². The minimum atomic E-state index is -0.274. The van der Waals surface area contributed by atoms with Crippen LogP contribution in [0.15, 0.2) is 89.4 Å². The van der Waals surface area contributed by atoms with Crippen molar-refractivity contribution < 1.29 is 4.79 Å². The van der Waals surface area contributed by atoms with Gasteiger partial charge in [0.2, 0.25) is 0 Å². The Bertz CT molecular complexity index is 1080. The molecule has 6 nitrogen and oxygen atoms in total. The van der Waals surface area contributed by atoms with Gasteiger partial charge in [-0.1, -0.05) is 54.2 Å². The predicted octanol–water partition coefficient (Wildman–Crippen LogP) is 3.88. The molecule has 0 aliphatic carbocycles. The topological polar surface area (TPSA) is 83.0 Å². The van der Waals surface area contributed by atoms with Crippen LogP contribution in [0.5, 0.6) is 0 Å². The highest BCUT2D eigenvalue weighted by Crippen LogP contribution is 2.20. The fourth-order valence-corrected chi connectivity index (χ4v) is 3.48. The maximum absolute atomic E-state index is 12.3. The number of benzene rings is 2. The Morgan fingerprint density at radius 2 is 1.71 bits per heavy atom. The van der Waals surface area contributed by atoms with Crippen LogP contribution in [0.3, 0.4) is 0 Å². The second-order valence-corrected chi connectivity index (χ2v) is 6.91. The molecule has 2 heterocycles. The summed E-state index contributed by atoms with van der Waals surface area (Å²) in [6, 6.07) is 21.0. The average Bonchev–Trinajstić information content (AvgIpc) is 3.18. The van der Waals surface area contributed by atoms with Gasteiger partial charge in [0.05, 0.1) is 16.7 Å². The van der Waals surface area contributed by atoms with E-state index in [4.69, 9.17) is 0 Å². The molecule has 0 saturated carbocycles. The van der Waals surface area contributed by atoms with Gasteiger partial charge in [0.15, 0.2) is 5.16 Å². The van der Waals surface area contributed by atoms with E-state index in [1.54, 1.807) is 24.5 Å². The van der Waals surface area contributed by atoms with Crippen LogP contribution in [0.4, 0.5) is 0 Å². The van der Waals surface area contributed by atoms with Crippen LogP contribution in [0, 0.1) is 0 Å². The van der Waals surface area contributed by atoms with Crippen molar-refractivity contribution in [3.8, 4) is 0 Å². The van der Waals surface area contributed by atoms with Crippen molar-refractivity contribution in [2.45, 2.75) is 5.16 Å². The number of imidazole rings is 1. The van der Waals surface area contributed by atoms with Gasteiger partial charge in [0.1, 0.15) is 0 Å². The lowest BCUT2D eigenvalue weighted by Crippen LogP contribution is -2.21. The number of carbonyl (C=O) groups is 1. The Kier molecular flexibility index (Phi) is 5.44. The van der Waals surface area contributed by atoms with Crippen molar-refractivity contribution >= 4 is 34.4 Å². The van der Waals surface area contributed by atoms with Gasteiger partial charge in [-0.25, -0.2) is 10.4 Å². The van der Waals surface area contributed by atoms with Crippen LogP contribution in [-0.4, -0.2) is 32.3 Å². The van der Waals surface area contributed by atoms with Gasteiger partial charge in [-0.2, -0.15) is 5.10 Å². The molecule has 0 saturated heterocycles. The first-order valence-electron chi connectivity index (χ1n) is 8.69. The Morgan fingerprint density at radius 3 is 2.50 bits per heavy atom. The third kappa shape index (κ3) is 4.27. The number of hydrogen-bond donors (Lipinski definition) is 2. The second-order valence-electron chi connectivity index (χ2n) is 5.95. The monoisotopic (exact) mass is 387 g/mol. The van der Waals surface area contributed by atoms with Crippen LogP contribution >= 0.6 is 11.8 Å². The molecule has 138 valence electrons. The summed E-state index contributed by atoms with van der Waals surface area (Å²) >= 11 is 1.54. The number of amides is 1. The van der Waals surface area contributed by atoms with E-state index in [1.807, 2.05) is 54.6 Å². The number of thioether (sulfide) groups is 1. The summed E-state index contributed by atoms with van der Waals surface area (Å²) in [5.74, 6) is 0.282. The third-order valence-corrected chi connectivity index (χ3v) is 4.94. The number of para-hydroxylation sites is 2. The number of pyridine rings is 1. The van der Waals surface area contributed by atoms with Crippen LogP contribution in [0.2, 0.25) is 0 Å². The molecule has 0 radical (unpaired) electrons. The largest absolute Gasteiger partial charge is 0.333 e. The normalized spacial score (nSPS) is 11.5. The number of H-pyrrole nitrogens is 1. The van der Waals surface area contributed by atoms with Crippen molar-refractivity contribution in [2.24, 2.45) is 5.10 Å². The number of nitrogens with one attached hydrogen (secondary N) is 2. The molecular weight excluding hydrogens is 370 g/mol. The van der Waals surface area contributed by atoms with Crippen molar-refractivity contribution in [3.63, 3.8) is 0 Å². The Hall–Kier alpha value is -3.45.